The second kappa shape index (κ2) is 5.41. The molecule has 3 rings (SSSR count). The van der Waals surface area contributed by atoms with Crippen LogP contribution in [0.15, 0.2) is 35.3 Å². The van der Waals surface area contributed by atoms with E-state index in [9.17, 15) is 18.0 Å². The first-order chi connectivity index (χ1) is 10.8. The first-order valence-corrected chi connectivity index (χ1v) is 6.55. The van der Waals surface area contributed by atoms with E-state index in [0.29, 0.717) is 16.9 Å². The van der Waals surface area contributed by atoms with Crippen molar-refractivity contribution in [1.82, 2.24) is 19.7 Å². The Balaban J connectivity index is 1.88. The van der Waals surface area contributed by atoms with Crippen molar-refractivity contribution in [3.8, 4) is 17.1 Å². The second-order valence-corrected chi connectivity index (χ2v) is 4.88. The second-order valence-electron chi connectivity index (χ2n) is 4.88. The smallest absolute Gasteiger partial charge is 0.422 e. The van der Waals surface area contributed by atoms with Crippen molar-refractivity contribution < 1.29 is 17.9 Å². The van der Waals surface area contributed by atoms with E-state index in [0.717, 1.165) is 0 Å². The number of nitrogens with one attached hydrogen (secondary N) is 1. The van der Waals surface area contributed by atoms with Crippen LogP contribution in [0.3, 0.4) is 0 Å². The zero-order valence-electron chi connectivity index (χ0n) is 11.9. The van der Waals surface area contributed by atoms with Gasteiger partial charge in [-0.25, -0.2) is 4.98 Å². The minimum Gasteiger partial charge on any atom is -0.484 e. The number of H-pyrrole nitrogens is 1. The number of benzene rings is 1. The van der Waals surface area contributed by atoms with Crippen molar-refractivity contribution in [3.63, 3.8) is 0 Å². The standard InChI is InChI=1S/C14H11F3N4O2/c1-21-6-10-11(20-21)13(22)19-12(18-10)8-2-4-9(5-3-8)23-7-14(15,16)17/h2-6H,7H2,1H3,(H,18,19,22). The van der Waals surface area contributed by atoms with Crippen molar-refractivity contribution in [2.24, 2.45) is 7.05 Å². The van der Waals surface area contributed by atoms with Crippen LogP contribution in [0.4, 0.5) is 13.2 Å². The maximum absolute atomic E-state index is 12.1. The first-order valence-electron chi connectivity index (χ1n) is 6.55. The van der Waals surface area contributed by atoms with Crippen molar-refractivity contribution in [2.75, 3.05) is 6.61 Å². The van der Waals surface area contributed by atoms with Crippen LogP contribution in [-0.2, 0) is 7.05 Å². The number of alkyl halides is 3. The van der Waals surface area contributed by atoms with Gasteiger partial charge in [0.15, 0.2) is 12.1 Å². The Morgan fingerprint density at radius 2 is 1.96 bits per heavy atom. The summed E-state index contributed by atoms with van der Waals surface area (Å²) in [6.07, 6.45) is -2.79. The average molecular weight is 324 g/mol. The minimum absolute atomic E-state index is 0.0795. The van der Waals surface area contributed by atoms with Gasteiger partial charge in [0.25, 0.3) is 5.56 Å². The zero-order valence-corrected chi connectivity index (χ0v) is 11.9. The Morgan fingerprint density at radius 3 is 2.61 bits per heavy atom. The summed E-state index contributed by atoms with van der Waals surface area (Å²) in [5, 5.41) is 3.99. The summed E-state index contributed by atoms with van der Waals surface area (Å²) in [6, 6.07) is 5.81. The lowest BCUT2D eigenvalue weighted by Gasteiger charge is -2.09. The fraction of sp³-hybridized carbons (Fsp3) is 0.214. The summed E-state index contributed by atoms with van der Waals surface area (Å²) in [7, 11) is 1.67. The number of fused-ring (bicyclic) bond motifs is 1. The van der Waals surface area contributed by atoms with Gasteiger partial charge < -0.3 is 9.72 Å². The lowest BCUT2D eigenvalue weighted by atomic mass is 10.2. The van der Waals surface area contributed by atoms with E-state index >= 15 is 0 Å². The average Bonchev–Trinajstić information content (AvgIpc) is 2.86. The number of hydrogen-bond acceptors (Lipinski definition) is 4. The highest BCUT2D eigenvalue weighted by molar-refractivity contribution is 5.74. The third-order valence-corrected chi connectivity index (χ3v) is 3.02. The lowest BCUT2D eigenvalue weighted by molar-refractivity contribution is -0.153. The molecule has 0 atom stereocenters. The molecule has 0 saturated heterocycles. The van der Waals surface area contributed by atoms with Gasteiger partial charge in [0.05, 0.1) is 6.20 Å². The molecule has 0 saturated carbocycles. The number of aryl methyl sites for hydroxylation is 1. The highest BCUT2D eigenvalue weighted by Crippen LogP contribution is 2.22. The number of aromatic nitrogens is 4. The third kappa shape index (κ3) is 3.33. The van der Waals surface area contributed by atoms with E-state index in [1.54, 1.807) is 13.2 Å². The fourth-order valence-corrected chi connectivity index (χ4v) is 2.05. The van der Waals surface area contributed by atoms with Crippen LogP contribution in [0, 0.1) is 0 Å². The van der Waals surface area contributed by atoms with E-state index < -0.39 is 12.8 Å². The Bertz CT molecular complexity index is 897. The predicted molar refractivity (Wildman–Crippen MR) is 76.1 cm³/mol. The summed E-state index contributed by atoms with van der Waals surface area (Å²) in [5.41, 5.74) is 0.820. The number of aromatic amines is 1. The molecule has 2 heterocycles. The van der Waals surface area contributed by atoms with E-state index in [1.165, 1.54) is 28.9 Å². The largest absolute Gasteiger partial charge is 0.484 e. The highest BCUT2D eigenvalue weighted by Gasteiger charge is 2.28. The Kier molecular flexibility index (Phi) is 3.55. The molecule has 120 valence electrons. The first kappa shape index (κ1) is 15.1. The topological polar surface area (TPSA) is 72.8 Å². The summed E-state index contributed by atoms with van der Waals surface area (Å²) in [5.74, 6) is 0.383. The van der Waals surface area contributed by atoms with Crippen LogP contribution in [0.5, 0.6) is 5.75 Å². The summed E-state index contributed by atoms with van der Waals surface area (Å²) < 4.78 is 42.4. The number of hydrogen-bond donors (Lipinski definition) is 1. The van der Waals surface area contributed by atoms with Crippen LogP contribution in [0.2, 0.25) is 0 Å². The van der Waals surface area contributed by atoms with Gasteiger partial charge in [-0.15, -0.1) is 0 Å². The molecule has 23 heavy (non-hydrogen) atoms. The molecule has 2 aromatic heterocycles. The van der Waals surface area contributed by atoms with Crippen LogP contribution >= 0.6 is 0 Å². The van der Waals surface area contributed by atoms with Crippen LogP contribution in [0.1, 0.15) is 0 Å². The maximum Gasteiger partial charge on any atom is 0.422 e. The SMILES string of the molecule is Cn1cc2nc(-c3ccc(OCC(F)(F)F)cc3)[nH]c(=O)c2n1. The van der Waals surface area contributed by atoms with Gasteiger partial charge in [0, 0.05) is 12.6 Å². The minimum atomic E-state index is -4.39. The van der Waals surface area contributed by atoms with Crippen LogP contribution in [0.25, 0.3) is 22.4 Å². The van der Waals surface area contributed by atoms with E-state index in [-0.39, 0.29) is 16.8 Å². The van der Waals surface area contributed by atoms with Gasteiger partial charge in [-0.1, -0.05) is 0 Å². The Morgan fingerprint density at radius 1 is 1.26 bits per heavy atom. The molecule has 3 aromatic rings. The molecular formula is C14H11F3N4O2. The van der Waals surface area contributed by atoms with Crippen molar-refractivity contribution >= 4 is 11.0 Å². The predicted octanol–water partition coefficient (Wildman–Crippen LogP) is 2.26. The van der Waals surface area contributed by atoms with Gasteiger partial charge >= 0.3 is 6.18 Å². The molecule has 0 fully saturated rings. The third-order valence-electron chi connectivity index (χ3n) is 3.02. The summed E-state index contributed by atoms with van der Waals surface area (Å²) in [4.78, 5) is 18.8. The highest BCUT2D eigenvalue weighted by atomic mass is 19.4. The molecule has 0 spiro atoms. The molecule has 0 aliphatic carbocycles. The molecule has 0 aliphatic rings. The lowest BCUT2D eigenvalue weighted by Crippen LogP contribution is -2.19. The zero-order chi connectivity index (χ0) is 16.6. The van der Waals surface area contributed by atoms with Gasteiger partial charge in [0.1, 0.15) is 17.1 Å². The van der Waals surface area contributed by atoms with Gasteiger partial charge in [-0.05, 0) is 24.3 Å². The molecule has 1 aromatic carbocycles. The Labute approximate surface area is 127 Å². The van der Waals surface area contributed by atoms with Crippen molar-refractivity contribution in [2.45, 2.75) is 6.18 Å². The van der Waals surface area contributed by atoms with Crippen molar-refractivity contribution in [3.05, 3.63) is 40.8 Å². The molecule has 0 amide bonds. The monoisotopic (exact) mass is 324 g/mol. The number of nitrogens with zero attached hydrogens (tertiary/aromatic N) is 3. The Hall–Kier alpha value is -2.84. The van der Waals surface area contributed by atoms with Crippen molar-refractivity contribution in [1.29, 1.82) is 0 Å². The molecule has 0 aliphatic heterocycles. The number of rotatable bonds is 3. The van der Waals surface area contributed by atoms with E-state index in [1.807, 2.05) is 0 Å². The molecule has 0 unspecified atom stereocenters. The van der Waals surface area contributed by atoms with Crippen LogP contribution in [-0.4, -0.2) is 32.5 Å². The molecule has 0 radical (unpaired) electrons. The van der Waals surface area contributed by atoms with E-state index in [2.05, 4.69) is 19.8 Å². The van der Waals surface area contributed by atoms with E-state index in [4.69, 9.17) is 0 Å². The van der Waals surface area contributed by atoms with Gasteiger partial charge in [0.2, 0.25) is 0 Å². The maximum atomic E-state index is 12.1. The normalized spacial score (nSPS) is 11.8. The molecular weight excluding hydrogens is 313 g/mol. The summed E-state index contributed by atoms with van der Waals surface area (Å²) in [6.45, 7) is -1.36. The van der Waals surface area contributed by atoms with Crippen LogP contribution < -0.4 is 10.3 Å². The quantitative estimate of drug-likeness (QED) is 0.802. The number of halogens is 3. The van der Waals surface area contributed by atoms with Gasteiger partial charge in [-0.2, -0.15) is 18.3 Å². The number of ether oxygens (including phenoxy) is 1. The fourth-order valence-electron chi connectivity index (χ4n) is 2.05. The molecule has 6 nitrogen and oxygen atoms in total. The molecule has 1 N–H and O–H groups in total. The molecule has 0 bridgehead atoms. The molecule has 9 heteroatoms. The summed E-state index contributed by atoms with van der Waals surface area (Å²) >= 11 is 0. The van der Waals surface area contributed by atoms with Gasteiger partial charge in [-0.3, -0.25) is 9.48 Å².